The van der Waals surface area contributed by atoms with Gasteiger partial charge in [0, 0.05) is 26.7 Å². The summed E-state index contributed by atoms with van der Waals surface area (Å²) < 4.78 is 0. The molecule has 7 heteroatoms. The van der Waals surface area contributed by atoms with Crippen LogP contribution >= 0.6 is 0 Å². The van der Waals surface area contributed by atoms with Crippen molar-refractivity contribution in [2.45, 2.75) is 12.8 Å². The molecule has 2 rings (SSSR count). The Morgan fingerprint density at radius 2 is 2.22 bits per heavy atom. The van der Waals surface area contributed by atoms with Gasteiger partial charge in [0.15, 0.2) is 5.96 Å². The van der Waals surface area contributed by atoms with E-state index >= 15 is 0 Å². The van der Waals surface area contributed by atoms with Crippen molar-refractivity contribution in [2.75, 3.05) is 33.2 Å². The number of carbonyl (C=O) groups is 2. The lowest BCUT2D eigenvalue weighted by molar-refractivity contribution is -0.124. The van der Waals surface area contributed by atoms with Crippen molar-refractivity contribution >= 4 is 17.9 Å². The number of rotatable bonds is 5. The molecule has 1 aliphatic carbocycles. The summed E-state index contributed by atoms with van der Waals surface area (Å²) >= 11 is 0. The van der Waals surface area contributed by atoms with E-state index in [2.05, 4.69) is 20.9 Å². The first-order valence-electron chi connectivity index (χ1n) is 6.23. The molecule has 18 heavy (non-hydrogen) atoms. The second-order valence-electron chi connectivity index (χ2n) is 4.53. The first-order valence-corrected chi connectivity index (χ1v) is 6.23. The van der Waals surface area contributed by atoms with Crippen LogP contribution in [0.1, 0.15) is 12.8 Å². The molecule has 0 spiro atoms. The average Bonchev–Trinajstić information content (AvgIpc) is 3.14. The van der Waals surface area contributed by atoms with Crippen LogP contribution in [0, 0.1) is 5.92 Å². The van der Waals surface area contributed by atoms with Crippen molar-refractivity contribution in [2.24, 2.45) is 10.9 Å². The minimum absolute atomic E-state index is 0.105. The van der Waals surface area contributed by atoms with Crippen molar-refractivity contribution in [3.05, 3.63) is 0 Å². The Balaban J connectivity index is 1.66. The Hall–Kier alpha value is -1.79. The third-order valence-electron chi connectivity index (χ3n) is 3.04. The quantitative estimate of drug-likeness (QED) is 0.337. The summed E-state index contributed by atoms with van der Waals surface area (Å²) in [6, 6.07) is -0.317. The second kappa shape index (κ2) is 5.70. The summed E-state index contributed by atoms with van der Waals surface area (Å²) in [7, 11) is 1.70. The Morgan fingerprint density at radius 3 is 2.78 bits per heavy atom. The third-order valence-corrected chi connectivity index (χ3v) is 3.04. The molecule has 0 unspecified atom stereocenters. The average molecular weight is 253 g/mol. The van der Waals surface area contributed by atoms with E-state index in [-0.39, 0.29) is 18.5 Å². The minimum Gasteiger partial charge on any atom is -0.356 e. The largest absolute Gasteiger partial charge is 0.356 e. The van der Waals surface area contributed by atoms with Gasteiger partial charge in [-0.05, 0) is 18.8 Å². The summed E-state index contributed by atoms with van der Waals surface area (Å²) in [4.78, 5) is 27.9. The Kier molecular flexibility index (Phi) is 4.01. The number of urea groups is 1. The highest BCUT2D eigenvalue weighted by Gasteiger charge is 2.27. The zero-order chi connectivity index (χ0) is 13.0. The smallest absolute Gasteiger partial charge is 0.324 e. The molecule has 0 aromatic rings. The number of aliphatic imine (C=N–C) groups is 1. The van der Waals surface area contributed by atoms with Gasteiger partial charge >= 0.3 is 6.03 Å². The molecule has 3 N–H and O–H groups in total. The number of amides is 3. The maximum absolute atomic E-state index is 11.3. The van der Waals surface area contributed by atoms with Gasteiger partial charge in [-0.25, -0.2) is 4.79 Å². The summed E-state index contributed by atoms with van der Waals surface area (Å²) in [6.45, 7) is 1.90. The highest BCUT2D eigenvalue weighted by molar-refractivity contribution is 6.01. The summed E-state index contributed by atoms with van der Waals surface area (Å²) in [6.07, 6.45) is 2.57. The molecule has 3 amide bonds. The second-order valence-corrected chi connectivity index (χ2v) is 4.53. The van der Waals surface area contributed by atoms with Crippen LogP contribution in [0.25, 0.3) is 0 Å². The monoisotopic (exact) mass is 253 g/mol. The van der Waals surface area contributed by atoms with Crippen LogP contribution < -0.4 is 16.0 Å². The van der Waals surface area contributed by atoms with Gasteiger partial charge in [0.05, 0.1) is 6.54 Å². The van der Waals surface area contributed by atoms with Crippen molar-refractivity contribution in [1.29, 1.82) is 0 Å². The number of carbonyl (C=O) groups excluding carboxylic acids is 2. The van der Waals surface area contributed by atoms with E-state index in [0.29, 0.717) is 19.0 Å². The van der Waals surface area contributed by atoms with Gasteiger partial charge in [0.2, 0.25) is 5.91 Å². The van der Waals surface area contributed by atoms with E-state index in [1.165, 1.54) is 17.7 Å². The summed E-state index contributed by atoms with van der Waals surface area (Å²) in [5, 5.41) is 8.78. The zero-order valence-corrected chi connectivity index (χ0v) is 10.5. The van der Waals surface area contributed by atoms with Crippen LogP contribution in [0.2, 0.25) is 0 Å². The summed E-state index contributed by atoms with van der Waals surface area (Å²) in [5.74, 6) is 1.31. The molecule has 0 aromatic heterocycles. The van der Waals surface area contributed by atoms with Crippen LogP contribution in [0.15, 0.2) is 4.99 Å². The molecular formula is C11H19N5O2. The molecule has 7 nitrogen and oxygen atoms in total. The van der Waals surface area contributed by atoms with Gasteiger partial charge in [-0.1, -0.05) is 0 Å². The van der Waals surface area contributed by atoms with E-state index in [4.69, 9.17) is 0 Å². The Morgan fingerprint density at radius 1 is 1.44 bits per heavy atom. The molecule has 0 aromatic carbocycles. The van der Waals surface area contributed by atoms with Crippen LogP contribution in [-0.4, -0.2) is 56.0 Å². The maximum atomic E-state index is 11.3. The number of hydrogen-bond acceptors (Lipinski definition) is 3. The molecule has 2 fully saturated rings. The highest BCUT2D eigenvalue weighted by atomic mass is 16.2. The van der Waals surface area contributed by atoms with Gasteiger partial charge in [-0.2, -0.15) is 0 Å². The van der Waals surface area contributed by atoms with Crippen LogP contribution in [0.5, 0.6) is 0 Å². The number of imide groups is 1. The Bertz CT molecular complexity index is 348. The van der Waals surface area contributed by atoms with E-state index in [0.717, 1.165) is 12.5 Å². The van der Waals surface area contributed by atoms with E-state index in [1.54, 1.807) is 7.05 Å². The van der Waals surface area contributed by atoms with E-state index < -0.39 is 0 Å². The van der Waals surface area contributed by atoms with Crippen molar-refractivity contribution in [3.8, 4) is 0 Å². The number of guanidine groups is 1. The van der Waals surface area contributed by atoms with Crippen LogP contribution in [0.3, 0.4) is 0 Å². The van der Waals surface area contributed by atoms with E-state index in [1.807, 2.05) is 0 Å². The Labute approximate surface area is 106 Å². The number of hydrogen-bond donors (Lipinski definition) is 3. The zero-order valence-electron chi connectivity index (χ0n) is 10.5. The fourth-order valence-corrected chi connectivity index (χ4v) is 1.75. The molecule has 0 radical (unpaired) electrons. The van der Waals surface area contributed by atoms with Crippen molar-refractivity contribution < 1.29 is 9.59 Å². The van der Waals surface area contributed by atoms with Crippen molar-refractivity contribution in [1.82, 2.24) is 20.9 Å². The molecular weight excluding hydrogens is 234 g/mol. The standard InChI is InChI=1S/C11H19N5O2/c1-12-10(14-6-8-2-3-8)13-4-5-16-9(17)7-15-11(16)18/h8H,2-7H2,1H3,(H,15,18)(H2,12,13,14). The molecule has 1 aliphatic heterocycles. The fraction of sp³-hybridized carbons (Fsp3) is 0.727. The normalized spacial score (nSPS) is 20.1. The van der Waals surface area contributed by atoms with Gasteiger partial charge in [0.25, 0.3) is 0 Å². The highest BCUT2D eigenvalue weighted by Crippen LogP contribution is 2.27. The predicted molar refractivity (Wildman–Crippen MR) is 67.2 cm³/mol. The lowest BCUT2D eigenvalue weighted by Gasteiger charge is -2.15. The van der Waals surface area contributed by atoms with Crippen LogP contribution in [-0.2, 0) is 4.79 Å². The lowest BCUT2D eigenvalue weighted by atomic mass is 10.4. The fourth-order valence-electron chi connectivity index (χ4n) is 1.75. The molecule has 2 aliphatic rings. The molecule has 1 saturated heterocycles. The SMILES string of the molecule is CN=C(NCCN1C(=O)CNC1=O)NCC1CC1. The maximum Gasteiger partial charge on any atom is 0.324 e. The van der Waals surface area contributed by atoms with E-state index in [9.17, 15) is 9.59 Å². The lowest BCUT2D eigenvalue weighted by Crippen LogP contribution is -2.43. The molecule has 0 bridgehead atoms. The number of nitrogens with zero attached hydrogens (tertiary/aromatic N) is 2. The molecule has 0 atom stereocenters. The molecule has 1 heterocycles. The van der Waals surface area contributed by atoms with Gasteiger partial charge in [-0.3, -0.25) is 14.7 Å². The third kappa shape index (κ3) is 3.35. The van der Waals surface area contributed by atoms with Gasteiger partial charge in [-0.15, -0.1) is 0 Å². The van der Waals surface area contributed by atoms with Crippen LogP contribution in [0.4, 0.5) is 4.79 Å². The molecule has 100 valence electrons. The van der Waals surface area contributed by atoms with Gasteiger partial charge in [0.1, 0.15) is 0 Å². The minimum atomic E-state index is -0.317. The first-order chi connectivity index (χ1) is 8.70. The summed E-state index contributed by atoms with van der Waals surface area (Å²) in [5.41, 5.74) is 0. The topological polar surface area (TPSA) is 85.8 Å². The first kappa shape index (κ1) is 12.7. The predicted octanol–water partition coefficient (Wildman–Crippen LogP) is -0.887. The van der Waals surface area contributed by atoms with Gasteiger partial charge < -0.3 is 16.0 Å². The van der Waals surface area contributed by atoms with Crippen molar-refractivity contribution in [3.63, 3.8) is 0 Å². The number of nitrogens with one attached hydrogen (secondary N) is 3. The molecule has 1 saturated carbocycles.